The maximum absolute atomic E-state index is 16.1. The molecule has 0 radical (unpaired) electrons. The minimum atomic E-state index is -4.96. The molecule has 0 bridgehead atoms. The van der Waals surface area contributed by atoms with Gasteiger partial charge in [0.05, 0.1) is 50.1 Å². The first-order chi connectivity index (χ1) is 54.4. The van der Waals surface area contributed by atoms with Crippen LogP contribution in [0.3, 0.4) is 0 Å². The van der Waals surface area contributed by atoms with Crippen molar-refractivity contribution in [3.05, 3.63) is 326 Å². The molecule has 0 aliphatic rings. The molecule has 8 nitrogen and oxygen atoms in total. The topological polar surface area (TPSA) is 87.2 Å². The van der Waals surface area contributed by atoms with Crippen molar-refractivity contribution in [2.45, 2.75) is 18.5 Å². The molecule has 6 aromatic heterocycles. The highest BCUT2D eigenvalue weighted by Crippen LogP contribution is 2.50. The number of fused-ring (bicyclic) bond motifs is 12. The second-order valence-electron chi connectivity index (χ2n) is 27.4. The molecule has 0 atom stereocenters. The predicted molar refractivity (Wildman–Crippen MR) is 432 cm³/mol. The molecule has 0 unspecified atom stereocenters. The Bertz CT molecular complexity index is 7100. The lowest BCUT2D eigenvalue weighted by molar-refractivity contribution is -0.138. The fourth-order valence-corrected chi connectivity index (χ4v) is 17.7. The van der Waals surface area contributed by atoms with Crippen molar-refractivity contribution in [3.8, 4) is 113 Å². The van der Waals surface area contributed by atoms with Crippen LogP contribution >= 0.6 is 22.7 Å². The van der Waals surface area contributed by atoms with Crippen molar-refractivity contribution in [1.82, 2.24) is 39.0 Å². The van der Waals surface area contributed by atoms with Crippen molar-refractivity contribution < 1.29 is 39.5 Å². The summed E-state index contributed by atoms with van der Waals surface area (Å²) in [5.74, 6) is 1.75. The van der Waals surface area contributed by atoms with E-state index < -0.39 is 35.2 Å². The Balaban J connectivity index is 0.777. The van der Waals surface area contributed by atoms with Crippen molar-refractivity contribution in [2.75, 3.05) is 0 Å². The van der Waals surface area contributed by atoms with E-state index in [4.69, 9.17) is 29.9 Å². The molecule has 0 saturated heterocycles. The van der Waals surface area contributed by atoms with Gasteiger partial charge in [0.15, 0.2) is 34.9 Å². The van der Waals surface area contributed by atoms with Crippen LogP contribution in [0.15, 0.2) is 309 Å². The van der Waals surface area contributed by atoms with Crippen molar-refractivity contribution in [1.29, 1.82) is 0 Å². The largest absolute Gasteiger partial charge is 0.416 e. The minimum absolute atomic E-state index is 0.0177. The van der Waals surface area contributed by atoms with Gasteiger partial charge in [-0.25, -0.2) is 29.9 Å². The first-order valence-corrected chi connectivity index (χ1v) is 37.3. The number of para-hydroxylation sites is 1. The summed E-state index contributed by atoms with van der Waals surface area (Å²) >= 11 is 3.11. The van der Waals surface area contributed by atoms with Crippen molar-refractivity contribution >= 4 is 107 Å². The zero-order valence-electron chi connectivity index (χ0n) is 58.2. The van der Waals surface area contributed by atoms with Gasteiger partial charge in [-0.15, -0.1) is 22.7 Å². The molecular weight excluding hydrogens is 1460 g/mol. The number of hydrogen-bond acceptors (Lipinski definition) is 8. The summed E-state index contributed by atoms with van der Waals surface area (Å²) in [6, 6.07) is 90.8. The predicted octanol–water partition coefficient (Wildman–Crippen LogP) is 27.0. The monoisotopic (exact) mass is 1510 g/mol. The molecule has 0 aliphatic heterocycles. The minimum Gasteiger partial charge on any atom is -0.309 e. The quantitative estimate of drug-likeness (QED) is 0.120. The fraction of sp³-hybridized carbons (Fsp3) is 0.0323. The summed E-state index contributed by atoms with van der Waals surface area (Å²) in [6.45, 7) is 0. The number of rotatable bonds is 11. The van der Waals surface area contributed by atoms with E-state index in [-0.39, 0.29) is 50.5 Å². The number of halogens is 9. The third-order valence-electron chi connectivity index (χ3n) is 20.7. The summed E-state index contributed by atoms with van der Waals surface area (Å²) in [5, 5.41) is 5.18. The Kier molecular flexibility index (Phi) is 15.8. The molecule has 19 heteroatoms. The van der Waals surface area contributed by atoms with Gasteiger partial charge in [0.25, 0.3) is 0 Å². The Morgan fingerprint density at radius 2 is 0.598 bits per heavy atom. The van der Waals surface area contributed by atoms with E-state index in [1.807, 2.05) is 217 Å². The molecule has 0 aliphatic carbocycles. The SMILES string of the molecule is FC(F)(F)c1ccc2c(c1)c1ccccc1n2-c1ccc(-c2ccc3c(c2)sc2ccc(-c4cc(C(F)(F)F)cc5c4c4ccc(C(F)(F)F)cc4n5-c4ccc(-c5ccc6c(c5)sc5ccccc56)cc4-c4nc(-c5ccccc5)nc(-c5ccccc5)n4)cc23)cc1-c1nc(-c2ccccc2)nc(-c2ccccc2)n1. The molecule has 6 heterocycles. The van der Waals surface area contributed by atoms with Crippen molar-refractivity contribution in [2.24, 2.45) is 0 Å². The molecule has 14 aromatic carbocycles. The number of nitrogens with zero attached hydrogens (tertiary/aromatic N) is 8. The Labute approximate surface area is 639 Å². The maximum Gasteiger partial charge on any atom is 0.416 e. The van der Waals surface area contributed by atoms with Crippen LogP contribution in [0.1, 0.15) is 16.7 Å². The zero-order chi connectivity index (χ0) is 75.9. The van der Waals surface area contributed by atoms with Crippen LogP contribution in [0, 0.1) is 0 Å². The Hall–Kier alpha value is -13.5. The van der Waals surface area contributed by atoms with E-state index in [1.165, 1.54) is 34.1 Å². The normalized spacial score (nSPS) is 12.3. The van der Waals surface area contributed by atoms with Gasteiger partial charge in [-0.05, 0) is 137 Å². The Morgan fingerprint density at radius 3 is 1.12 bits per heavy atom. The van der Waals surface area contributed by atoms with E-state index in [1.54, 1.807) is 35.6 Å². The van der Waals surface area contributed by atoms with E-state index in [0.29, 0.717) is 83.7 Å². The number of benzene rings is 14. The number of aromatic nitrogens is 8. The van der Waals surface area contributed by atoms with Crippen LogP contribution in [0.25, 0.3) is 197 Å². The van der Waals surface area contributed by atoms with Crippen LogP contribution in [0.4, 0.5) is 39.5 Å². The second-order valence-corrected chi connectivity index (χ2v) is 29.6. The van der Waals surface area contributed by atoms with Crippen LogP contribution < -0.4 is 0 Å². The molecular formula is C93H51F9N8S2. The third-order valence-corrected chi connectivity index (χ3v) is 23.0. The molecule has 20 rings (SSSR count). The molecule has 0 amide bonds. The van der Waals surface area contributed by atoms with Gasteiger partial charge in [-0.2, -0.15) is 39.5 Å². The zero-order valence-corrected chi connectivity index (χ0v) is 59.9. The van der Waals surface area contributed by atoms with Crippen molar-refractivity contribution in [3.63, 3.8) is 0 Å². The summed E-state index contributed by atoms with van der Waals surface area (Å²) < 4.78 is 145. The smallest absolute Gasteiger partial charge is 0.309 e. The van der Waals surface area contributed by atoms with Gasteiger partial charge >= 0.3 is 18.5 Å². The lowest BCUT2D eigenvalue weighted by atomic mass is 9.95. The van der Waals surface area contributed by atoms with E-state index in [2.05, 4.69) is 24.3 Å². The average molecular weight is 1520 g/mol. The summed E-state index contributed by atoms with van der Waals surface area (Å²) in [5.41, 5.74) is 6.11. The van der Waals surface area contributed by atoms with E-state index >= 15 is 26.3 Å². The number of alkyl halides is 9. The van der Waals surface area contributed by atoms with Gasteiger partial charge in [0, 0.05) is 95.3 Å². The van der Waals surface area contributed by atoms with Crippen LogP contribution in [0.5, 0.6) is 0 Å². The lowest BCUT2D eigenvalue weighted by Gasteiger charge is -2.18. The first-order valence-electron chi connectivity index (χ1n) is 35.7. The van der Waals surface area contributed by atoms with Gasteiger partial charge < -0.3 is 9.13 Å². The summed E-state index contributed by atoms with van der Waals surface area (Å²) in [6.07, 6.45) is -14.4. The first kappa shape index (κ1) is 67.8. The molecule has 538 valence electrons. The number of hydrogen-bond donors (Lipinski definition) is 0. The summed E-state index contributed by atoms with van der Waals surface area (Å²) in [7, 11) is 0. The lowest BCUT2D eigenvalue weighted by Crippen LogP contribution is -2.07. The Morgan fingerprint density at radius 1 is 0.214 bits per heavy atom. The van der Waals surface area contributed by atoms with Crippen LogP contribution in [-0.2, 0) is 18.5 Å². The highest BCUT2D eigenvalue weighted by molar-refractivity contribution is 7.26. The summed E-state index contributed by atoms with van der Waals surface area (Å²) in [4.78, 5) is 30.6. The highest BCUT2D eigenvalue weighted by Gasteiger charge is 2.37. The maximum atomic E-state index is 16.1. The standard InChI is InChI=1S/C93H51F9N8S2/c94-91(95,96)61-35-41-75-70(48-61)64-25-13-15-27-74(64)109(75)76-39-31-56(43-72(76)89-105-85(52-17-5-1-6-18-52)103-86(106-89)53-19-7-2-8-20-53)59-30-37-67-71-45-60(33-42-81(71)112-83(67)47-59)69-49-63(93(100,101)102)51-79-84(69)68-38-34-62(92(97,98)99)50-78(68)110(79)77-40-32-57(58-29-36-66-65-26-14-16-28-80(65)111-82(66)46-58)44-73(77)90-107-87(54-21-9-3-10-22-54)104-88(108-90)55-23-11-4-12-24-55/h1-51H. The molecule has 112 heavy (non-hydrogen) atoms. The molecule has 0 fully saturated rings. The van der Waals surface area contributed by atoms with Gasteiger partial charge in [-0.1, -0.05) is 206 Å². The molecule has 20 aromatic rings. The third kappa shape index (κ3) is 11.8. The second kappa shape index (κ2) is 26.1. The van der Waals surface area contributed by atoms with E-state index in [0.717, 1.165) is 93.1 Å². The van der Waals surface area contributed by atoms with Crippen LogP contribution in [-0.4, -0.2) is 39.0 Å². The molecule has 0 saturated carbocycles. The average Bonchev–Trinajstić information content (AvgIpc) is 1.55. The molecule has 0 spiro atoms. The molecule has 0 N–H and O–H groups in total. The number of thiophene rings is 2. The van der Waals surface area contributed by atoms with Crippen LogP contribution in [0.2, 0.25) is 0 Å². The van der Waals surface area contributed by atoms with Gasteiger partial charge in [0.2, 0.25) is 0 Å². The fourth-order valence-electron chi connectivity index (χ4n) is 15.4. The highest BCUT2D eigenvalue weighted by atomic mass is 32.1. The van der Waals surface area contributed by atoms with Gasteiger partial charge in [0.1, 0.15) is 0 Å². The van der Waals surface area contributed by atoms with E-state index in [9.17, 15) is 13.2 Å². The van der Waals surface area contributed by atoms with Gasteiger partial charge in [-0.3, -0.25) is 0 Å².